The van der Waals surface area contributed by atoms with Crippen LogP contribution in [0.2, 0.25) is 0 Å². The molecule has 0 amide bonds. The van der Waals surface area contributed by atoms with Gasteiger partial charge >= 0.3 is 0 Å². The zero-order valence-electron chi connectivity index (χ0n) is 10.2. The molecule has 0 aliphatic carbocycles. The van der Waals surface area contributed by atoms with Crippen molar-refractivity contribution >= 4 is 27.7 Å². The van der Waals surface area contributed by atoms with E-state index in [1.165, 1.54) is 4.90 Å². The molecule has 0 aliphatic rings. The summed E-state index contributed by atoms with van der Waals surface area (Å²) in [7, 11) is 0. The lowest BCUT2D eigenvalue weighted by Gasteiger charge is -2.15. The summed E-state index contributed by atoms with van der Waals surface area (Å²) >= 11 is 5.32. The van der Waals surface area contributed by atoms with Crippen LogP contribution in [0, 0.1) is 0 Å². The molecule has 0 saturated carbocycles. The number of benzene rings is 1. The van der Waals surface area contributed by atoms with Crippen LogP contribution in [0.1, 0.15) is 18.7 Å². The van der Waals surface area contributed by atoms with Crippen LogP contribution in [-0.2, 0) is 0 Å². The molecule has 0 aliphatic heterocycles. The zero-order valence-corrected chi connectivity index (χ0v) is 12.6. The van der Waals surface area contributed by atoms with Crippen molar-refractivity contribution in [3.05, 3.63) is 52.9 Å². The van der Waals surface area contributed by atoms with Gasteiger partial charge in [-0.2, -0.15) is 0 Å². The summed E-state index contributed by atoms with van der Waals surface area (Å²) in [4.78, 5) is 1.26. The molecule has 0 radical (unpaired) electrons. The second-order valence-corrected chi connectivity index (χ2v) is 5.90. The molecule has 1 aromatic heterocycles. The fourth-order valence-electron chi connectivity index (χ4n) is 1.71. The summed E-state index contributed by atoms with van der Waals surface area (Å²) in [6.45, 7) is 3.05. The lowest BCUT2D eigenvalue weighted by Crippen LogP contribution is -2.22. The first kappa shape index (κ1) is 13.7. The van der Waals surface area contributed by atoms with Gasteiger partial charge in [0.1, 0.15) is 5.76 Å². The fraction of sp³-hybridized carbons (Fsp3) is 0.286. The average Bonchev–Trinajstić information content (AvgIpc) is 2.88. The largest absolute Gasteiger partial charge is 0.468 e. The SMILES string of the molecule is CCNC(CSc1cccc(Br)c1)c1ccco1. The first-order chi connectivity index (χ1) is 8.79. The number of rotatable bonds is 6. The second-order valence-electron chi connectivity index (χ2n) is 3.89. The van der Waals surface area contributed by atoms with Crippen molar-refractivity contribution in [1.82, 2.24) is 5.32 Å². The van der Waals surface area contributed by atoms with E-state index in [1.807, 2.05) is 30.0 Å². The zero-order chi connectivity index (χ0) is 12.8. The maximum Gasteiger partial charge on any atom is 0.121 e. The monoisotopic (exact) mass is 325 g/mol. The summed E-state index contributed by atoms with van der Waals surface area (Å²) in [5, 5.41) is 3.44. The van der Waals surface area contributed by atoms with E-state index in [1.54, 1.807) is 6.26 Å². The van der Waals surface area contributed by atoms with Crippen LogP contribution in [0.5, 0.6) is 0 Å². The van der Waals surface area contributed by atoms with E-state index < -0.39 is 0 Å². The van der Waals surface area contributed by atoms with E-state index in [2.05, 4.69) is 46.4 Å². The minimum Gasteiger partial charge on any atom is -0.468 e. The molecule has 1 heterocycles. The van der Waals surface area contributed by atoms with Crippen molar-refractivity contribution in [3.8, 4) is 0 Å². The number of thioether (sulfide) groups is 1. The third-order valence-electron chi connectivity index (χ3n) is 2.55. The minimum absolute atomic E-state index is 0.258. The van der Waals surface area contributed by atoms with Crippen LogP contribution >= 0.6 is 27.7 Å². The summed E-state index contributed by atoms with van der Waals surface area (Å²) in [6, 6.07) is 12.6. The molecule has 1 N–H and O–H groups in total. The van der Waals surface area contributed by atoms with Crippen LogP contribution < -0.4 is 5.32 Å². The van der Waals surface area contributed by atoms with Gasteiger partial charge in [-0.1, -0.05) is 28.9 Å². The Morgan fingerprint density at radius 2 is 2.22 bits per heavy atom. The van der Waals surface area contributed by atoms with Gasteiger partial charge in [-0.3, -0.25) is 0 Å². The number of furan rings is 1. The topological polar surface area (TPSA) is 25.2 Å². The van der Waals surface area contributed by atoms with E-state index >= 15 is 0 Å². The fourth-order valence-corrected chi connectivity index (χ4v) is 3.29. The van der Waals surface area contributed by atoms with Crippen molar-refractivity contribution in [2.75, 3.05) is 12.3 Å². The van der Waals surface area contributed by atoms with E-state index in [4.69, 9.17) is 4.42 Å². The number of nitrogens with one attached hydrogen (secondary N) is 1. The van der Waals surface area contributed by atoms with Crippen LogP contribution in [0.4, 0.5) is 0 Å². The van der Waals surface area contributed by atoms with Gasteiger partial charge in [0, 0.05) is 15.1 Å². The molecule has 4 heteroatoms. The second kappa shape index (κ2) is 7.02. The first-order valence-electron chi connectivity index (χ1n) is 5.94. The minimum atomic E-state index is 0.258. The molecular weight excluding hydrogens is 310 g/mol. The third-order valence-corrected chi connectivity index (χ3v) is 4.13. The number of hydrogen-bond acceptors (Lipinski definition) is 3. The predicted molar refractivity (Wildman–Crippen MR) is 80.0 cm³/mol. The van der Waals surface area contributed by atoms with Crippen molar-refractivity contribution in [2.45, 2.75) is 17.9 Å². The Hall–Kier alpha value is -0.710. The maximum atomic E-state index is 5.48. The van der Waals surface area contributed by atoms with Gasteiger partial charge in [-0.05, 0) is 36.9 Å². The van der Waals surface area contributed by atoms with Gasteiger partial charge in [-0.15, -0.1) is 11.8 Å². The molecule has 96 valence electrons. The summed E-state index contributed by atoms with van der Waals surface area (Å²) in [5.41, 5.74) is 0. The quantitative estimate of drug-likeness (QED) is 0.792. The molecule has 0 spiro atoms. The molecule has 1 atom stereocenters. The lowest BCUT2D eigenvalue weighted by molar-refractivity contribution is 0.441. The maximum absolute atomic E-state index is 5.48. The third kappa shape index (κ3) is 3.90. The molecule has 2 nitrogen and oxygen atoms in total. The van der Waals surface area contributed by atoms with Crippen molar-refractivity contribution in [2.24, 2.45) is 0 Å². The van der Waals surface area contributed by atoms with E-state index in [-0.39, 0.29) is 6.04 Å². The Balaban J connectivity index is 1.98. The highest BCUT2D eigenvalue weighted by Crippen LogP contribution is 2.26. The smallest absolute Gasteiger partial charge is 0.121 e. The highest BCUT2D eigenvalue weighted by atomic mass is 79.9. The Kier molecular flexibility index (Phi) is 5.35. The van der Waals surface area contributed by atoms with Gasteiger partial charge in [0.25, 0.3) is 0 Å². The highest BCUT2D eigenvalue weighted by molar-refractivity contribution is 9.10. The van der Waals surface area contributed by atoms with Crippen LogP contribution in [0.15, 0.2) is 56.4 Å². The number of halogens is 1. The van der Waals surface area contributed by atoms with Crippen molar-refractivity contribution in [3.63, 3.8) is 0 Å². The van der Waals surface area contributed by atoms with Gasteiger partial charge in [-0.25, -0.2) is 0 Å². The molecule has 0 saturated heterocycles. The van der Waals surface area contributed by atoms with E-state index in [0.29, 0.717) is 0 Å². The molecule has 1 unspecified atom stereocenters. The van der Waals surface area contributed by atoms with E-state index in [0.717, 1.165) is 22.5 Å². The molecule has 0 bridgehead atoms. The standard InChI is InChI=1S/C14H16BrNOS/c1-2-16-13(14-7-4-8-17-14)10-18-12-6-3-5-11(15)9-12/h3-9,13,16H,2,10H2,1H3. The van der Waals surface area contributed by atoms with Crippen molar-refractivity contribution in [1.29, 1.82) is 0 Å². The molecule has 1 aromatic carbocycles. The van der Waals surface area contributed by atoms with Gasteiger partial charge in [0.05, 0.1) is 12.3 Å². The van der Waals surface area contributed by atoms with Gasteiger partial charge in [0.15, 0.2) is 0 Å². The number of hydrogen-bond donors (Lipinski definition) is 1. The van der Waals surface area contributed by atoms with Crippen LogP contribution in [-0.4, -0.2) is 12.3 Å². The average molecular weight is 326 g/mol. The first-order valence-corrected chi connectivity index (χ1v) is 7.72. The Morgan fingerprint density at radius 3 is 2.89 bits per heavy atom. The summed E-state index contributed by atoms with van der Waals surface area (Å²) in [6.07, 6.45) is 1.73. The molecule has 2 aromatic rings. The molecule has 2 rings (SSSR count). The summed E-state index contributed by atoms with van der Waals surface area (Å²) < 4.78 is 6.59. The summed E-state index contributed by atoms with van der Waals surface area (Å²) in [5.74, 6) is 1.96. The van der Waals surface area contributed by atoms with E-state index in [9.17, 15) is 0 Å². The van der Waals surface area contributed by atoms with Gasteiger partial charge < -0.3 is 9.73 Å². The van der Waals surface area contributed by atoms with Crippen molar-refractivity contribution < 1.29 is 4.42 Å². The molecular formula is C14H16BrNOS. The highest BCUT2D eigenvalue weighted by Gasteiger charge is 2.13. The normalized spacial score (nSPS) is 12.6. The predicted octanol–water partition coefficient (Wildman–Crippen LogP) is 4.49. The van der Waals surface area contributed by atoms with Crippen LogP contribution in [0.25, 0.3) is 0 Å². The lowest BCUT2D eigenvalue weighted by atomic mass is 10.2. The molecule has 18 heavy (non-hydrogen) atoms. The molecule has 0 fully saturated rings. The Labute approximate surface area is 120 Å². The Bertz CT molecular complexity index is 472. The van der Waals surface area contributed by atoms with Crippen LogP contribution in [0.3, 0.4) is 0 Å². The Morgan fingerprint density at radius 1 is 1.33 bits per heavy atom. The van der Waals surface area contributed by atoms with Gasteiger partial charge in [0.2, 0.25) is 0 Å².